The minimum Gasteiger partial charge on any atom is -0.480 e. The number of benzene rings is 2. The van der Waals surface area contributed by atoms with Crippen molar-refractivity contribution in [2.24, 2.45) is 0 Å². The van der Waals surface area contributed by atoms with Crippen LogP contribution in [0.5, 0.6) is 0 Å². The number of carbonyl (C=O) groups excluding carboxylic acids is 1. The van der Waals surface area contributed by atoms with Crippen LogP contribution in [0.1, 0.15) is 18.4 Å². The first-order valence-electron chi connectivity index (χ1n) is 9.86. The van der Waals surface area contributed by atoms with Crippen LogP contribution in [0.15, 0.2) is 67.0 Å². The van der Waals surface area contributed by atoms with Crippen molar-refractivity contribution in [3.05, 3.63) is 72.6 Å². The number of nitrogens with one attached hydrogen (secondary N) is 1. The van der Waals surface area contributed by atoms with Gasteiger partial charge in [0.1, 0.15) is 6.04 Å². The highest BCUT2D eigenvalue weighted by molar-refractivity contribution is 5.83. The predicted molar refractivity (Wildman–Crippen MR) is 113 cm³/mol. The highest BCUT2D eigenvalue weighted by Crippen LogP contribution is 2.21. The molecule has 1 unspecified atom stereocenters. The van der Waals surface area contributed by atoms with Crippen molar-refractivity contribution >= 4 is 12.0 Å². The second kappa shape index (κ2) is 8.73. The number of carbonyl (C=O) groups is 2. The lowest BCUT2D eigenvalue weighted by atomic mass is 10.1. The minimum absolute atomic E-state index is 0.329. The van der Waals surface area contributed by atoms with Gasteiger partial charge in [-0.25, -0.2) is 19.6 Å². The Morgan fingerprint density at radius 2 is 1.67 bits per heavy atom. The monoisotopic (exact) mass is 402 g/mol. The van der Waals surface area contributed by atoms with E-state index in [0.717, 1.165) is 22.3 Å². The van der Waals surface area contributed by atoms with Crippen molar-refractivity contribution in [1.29, 1.82) is 0 Å². The quantitative estimate of drug-likeness (QED) is 0.680. The summed E-state index contributed by atoms with van der Waals surface area (Å²) in [4.78, 5) is 33.8. The van der Waals surface area contributed by atoms with E-state index in [4.69, 9.17) is 0 Å². The molecule has 7 heteroatoms. The van der Waals surface area contributed by atoms with Gasteiger partial charge < -0.3 is 15.3 Å². The molecule has 2 aromatic carbocycles. The van der Waals surface area contributed by atoms with Crippen LogP contribution >= 0.6 is 0 Å². The molecule has 2 amide bonds. The summed E-state index contributed by atoms with van der Waals surface area (Å²) >= 11 is 0. The summed E-state index contributed by atoms with van der Waals surface area (Å²) in [5.41, 5.74) is 3.83. The van der Waals surface area contributed by atoms with Crippen LogP contribution in [0.4, 0.5) is 4.79 Å². The third-order valence-corrected chi connectivity index (χ3v) is 5.21. The number of hydrogen-bond donors (Lipinski definition) is 2. The Kier molecular flexibility index (Phi) is 5.70. The van der Waals surface area contributed by atoms with Crippen molar-refractivity contribution < 1.29 is 14.7 Å². The zero-order valence-corrected chi connectivity index (χ0v) is 16.4. The molecule has 1 aliphatic heterocycles. The lowest BCUT2D eigenvalue weighted by Crippen LogP contribution is -2.45. The molecule has 1 aromatic heterocycles. The molecule has 1 atom stereocenters. The van der Waals surface area contributed by atoms with Crippen LogP contribution in [-0.4, -0.2) is 44.6 Å². The van der Waals surface area contributed by atoms with Crippen molar-refractivity contribution in [3.8, 4) is 22.5 Å². The average Bonchev–Trinajstić information content (AvgIpc) is 3.29. The molecule has 152 valence electrons. The maximum Gasteiger partial charge on any atom is 0.326 e. The molecule has 4 rings (SSSR count). The first-order valence-corrected chi connectivity index (χ1v) is 9.86. The Bertz CT molecular complexity index is 1020. The van der Waals surface area contributed by atoms with Gasteiger partial charge in [-0.3, -0.25) is 0 Å². The lowest BCUT2D eigenvalue weighted by Gasteiger charge is -2.21. The van der Waals surface area contributed by atoms with E-state index in [1.807, 2.05) is 54.6 Å². The Morgan fingerprint density at radius 3 is 2.33 bits per heavy atom. The molecule has 1 fully saturated rings. The molecule has 0 spiro atoms. The Hall–Kier alpha value is -3.74. The molecule has 3 aromatic rings. The maximum absolute atomic E-state index is 12.3. The van der Waals surface area contributed by atoms with Gasteiger partial charge >= 0.3 is 12.0 Å². The van der Waals surface area contributed by atoms with Gasteiger partial charge in [0.25, 0.3) is 0 Å². The SMILES string of the molecule is O=C(O)C1CCCN1C(=O)NCc1ccc(-c2ncc(-c3ccccc3)cn2)cc1. The van der Waals surface area contributed by atoms with E-state index in [9.17, 15) is 14.7 Å². The van der Waals surface area contributed by atoms with E-state index in [0.29, 0.717) is 31.8 Å². The summed E-state index contributed by atoms with van der Waals surface area (Å²) in [6, 6.07) is 16.5. The fourth-order valence-electron chi connectivity index (χ4n) is 3.57. The van der Waals surface area contributed by atoms with E-state index in [1.165, 1.54) is 4.90 Å². The second-order valence-corrected chi connectivity index (χ2v) is 7.21. The standard InChI is InChI=1S/C23H22N4O3/c28-22(29)20-7-4-12-27(20)23(30)26-13-16-8-10-18(11-9-16)21-24-14-19(15-25-21)17-5-2-1-3-6-17/h1-3,5-6,8-11,14-15,20H,4,7,12-13H2,(H,26,30)(H,28,29). The summed E-state index contributed by atoms with van der Waals surface area (Å²) in [5.74, 6) is -0.322. The normalized spacial score (nSPS) is 15.7. The van der Waals surface area contributed by atoms with Gasteiger partial charge in [-0.05, 0) is 24.0 Å². The Labute approximate surface area is 174 Å². The molecule has 0 saturated carbocycles. The number of aromatic nitrogens is 2. The van der Waals surface area contributed by atoms with E-state index < -0.39 is 12.0 Å². The third kappa shape index (κ3) is 4.30. The number of likely N-dealkylation sites (tertiary alicyclic amines) is 1. The molecule has 0 bridgehead atoms. The van der Waals surface area contributed by atoms with E-state index in [1.54, 1.807) is 12.4 Å². The van der Waals surface area contributed by atoms with Crippen LogP contribution < -0.4 is 5.32 Å². The van der Waals surface area contributed by atoms with E-state index in [2.05, 4.69) is 15.3 Å². The number of carboxylic acid groups (broad SMARTS) is 1. The van der Waals surface area contributed by atoms with E-state index >= 15 is 0 Å². The van der Waals surface area contributed by atoms with Gasteiger partial charge in [-0.2, -0.15) is 0 Å². The summed E-state index contributed by atoms with van der Waals surface area (Å²) in [6.45, 7) is 0.799. The zero-order chi connectivity index (χ0) is 20.9. The predicted octanol–water partition coefficient (Wildman–Crippen LogP) is 3.57. The molecular weight excluding hydrogens is 380 g/mol. The van der Waals surface area contributed by atoms with Crippen LogP contribution in [0.25, 0.3) is 22.5 Å². The second-order valence-electron chi connectivity index (χ2n) is 7.21. The van der Waals surface area contributed by atoms with Gasteiger partial charge in [0.2, 0.25) is 0 Å². The number of aliphatic carboxylic acids is 1. The van der Waals surface area contributed by atoms with Crippen molar-refractivity contribution in [2.75, 3.05) is 6.54 Å². The highest BCUT2D eigenvalue weighted by Gasteiger charge is 2.33. The smallest absolute Gasteiger partial charge is 0.326 e. The van der Waals surface area contributed by atoms with Crippen molar-refractivity contribution in [2.45, 2.75) is 25.4 Å². The number of urea groups is 1. The minimum atomic E-state index is -0.953. The summed E-state index contributed by atoms with van der Waals surface area (Å²) in [5, 5.41) is 12.0. The number of rotatable bonds is 5. The fraction of sp³-hybridized carbons (Fsp3) is 0.217. The summed E-state index contributed by atoms with van der Waals surface area (Å²) < 4.78 is 0. The van der Waals surface area contributed by atoms with Gasteiger partial charge in [0.05, 0.1) is 0 Å². The fourth-order valence-corrected chi connectivity index (χ4v) is 3.57. The Morgan fingerprint density at radius 1 is 0.967 bits per heavy atom. The molecule has 1 aliphatic rings. The van der Waals surface area contributed by atoms with Crippen molar-refractivity contribution in [1.82, 2.24) is 20.2 Å². The third-order valence-electron chi connectivity index (χ3n) is 5.21. The van der Waals surface area contributed by atoms with Crippen LogP contribution in [0.2, 0.25) is 0 Å². The number of nitrogens with zero attached hydrogens (tertiary/aromatic N) is 3. The van der Waals surface area contributed by atoms with Crippen LogP contribution in [0, 0.1) is 0 Å². The van der Waals surface area contributed by atoms with Gasteiger partial charge in [0, 0.05) is 36.6 Å². The summed E-state index contributed by atoms with van der Waals surface area (Å²) in [6.07, 6.45) is 4.82. The maximum atomic E-state index is 12.3. The molecule has 2 N–H and O–H groups in total. The molecule has 7 nitrogen and oxygen atoms in total. The van der Waals surface area contributed by atoms with Crippen molar-refractivity contribution in [3.63, 3.8) is 0 Å². The molecule has 30 heavy (non-hydrogen) atoms. The summed E-state index contributed by atoms with van der Waals surface area (Å²) in [7, 11) is 0. The molecular formula is C23H22N4O3. The zero-order valence-electron chi connectivity index (χ0n) is 16.4. The molecule has 0 aliphatic carbocycles. The largest absolute Gasteiger partial charge is 0.480 e. The number of hydrogen-bond acceptors (Lipinski definition) is 4. The first-order chi connectivity index (χ1) is 14.6. The van der Waals surface area contributed by atoms with Gasteiger partial charge in [0.15, 0.2) is 5.82 Å². The van der Waals surface area contributed by atoms with Crippen LogP contribution in [0.3, 0.4) is 0 Å². The first kappa shape index (κ1) is 19.6. The van der Waals surface area contributed by atoms with Gasteiger partial charge in [-0.1, -0.05) is 54.6 Å². The number of amides is 2. The number of carboxylic acids is 1. The van der Waals surface area contributed by atoms with Crippen LogP contribution in [-0.2, 0) is 11.3 Å². The lowest BCUT2D eigenvalue weighted by molar-refractivity contribution is -0.141. The Balaban J connectivity index is 1.37. The van der Waals surface area contributed by atoms with E-state index in [-0.39, 0.29) is 6.03 Å². The molecule has 1 saturated heterocycles. The topological polar surface area (TPSA) is 95.4 Å². The highest BCUT2D eigenvalue weighted by atomic mass is 16.4. The molecule has 0 radical (unpaired) electrons. The van der Waals surface area contributed by atoms with Gasteiger partial charge in [-0.15, -0.1) is 0 Å². The molecule has 2 heterocycles. The average molecular weight is 402 g/mol.